The molecule has 0 fully saturated rings. The molecule has 0 saturated heterocycles. The third kappa shape index (κ3) is 4.42. The van der Waals surface area contributed by atoms with Gasteiger partial charge in [0.1, 0.15) is 5.75 Å². The number of hydrogen-bond acceptors (Lipinski definition) is 4. The fourth-order valence-electron chi connectivity index (χ4n) is 2.81. The Hall–Kier alpha value is -2.52. The zero-order valence-electron chi connectivity index (χ0n) is 14.4. The molecule has 0 bridgehead atoms. The molecule has 9 heteroatoms. The summed E-state index contributed by atoms with van der Waals surface area (Å²) in [5, 5.41) is 2.70. The Morgan fingerprint density at radius 3 is 2.56 bits per heavy atom. The second-order valence-electron chi connectivity index (χ2n) is 6.13. The number of fused-ring (bicyclic) bond motifs is 1. The number of amides is 1. The van der Waals surface area contributed by atoms with Crippen molar-refractivity contribution in [3.8, 4) is 5.75 Å². The molecule has 6 nitrogen and oxygen atoms in total. The van der Waals surface area contributed by atoms with Crippen LogP contribution in [0.2, 0.25) is 0 Å². The van der Waals surface area contributed by atoms with E-state index in [-0.39, 0.29) is 23.1 Å². The number of carbonyl (C=O) groups is 1. The summed E-state index contributed by atoms with van der Waals surface area (Å²) in [6.07, 6.45) is 0.384. The van der Waals surface area contributed by atoms with E-state index in [9.17, 15) is 22.0 Å². The average molecular weight is 396 g/mol. The minimum Gasteiger partial charge on any atom is -0.435 e. The quantitative estimate of drug-likeness (QED) is 0.754. The number of hydrogen-bond donors (Lipinski definition) is 2. The fourth-order valence-corrected chi connectivity index (χ4v) is 3.88. The lowest BCUT2D eigenvalue weighted by atomic mass is 10.0. The van der Waals surface area contributed by atoms with E-state index < -0.39 is 22.6 Å². The van der Waals surface area contributed by atoms with E-state index in [1.807, 2.05) is 0 Å². The van der Waals surface area contributed by atoms with Crippen LogP contribution in [0.5, 0.6) is 5.75 Å². The normalized spacial score (nSPS) is 16.3. The fraction of sp³-hybridized carbons (Fsp3) is 0.278. The number of carbonyl (C=O) groups excluding carboxylic acids is 1. The molecule has 0 aromatic heterocycles. The summed E-state index contributed by atoms with van der Waals surface area (Å²) in [7, 11) is -3.73. The van der Waals surface area contributed by atoms with E-state index in [0.29, 0.717) is 17.7 Å². The van der Waals surface area contributed by atoms with Crippen LogP contribution < -0.4 is 14.8 Å². The second-order valence-corrected chi connectivity index (χ2v) is 7.90. The van der Waals surface area contributed by atoms with E-state index in [1.165, 1.54) is 24.3 Å². The molecule has 2 aromatic rings. The van der Waals surface area contributed by atoms with Crippen molar-refractivity contribution in [3.05, 3.63) is 53.6 Å². The van der Waals surface area contributed by atoms with Crippen molar-refractivity contribution < 1.29 is 26.7 Å². The topological polar surface area (TPSA) is 84.5 Å². The first-order valence-electron chi connectivity index (χ1n) is 8.24. The minimum atomic E-state index is -3.73. The second kappa shape index (κ2) is 7.61. The molecule has 2 N–H and O–H groups in total. The van der Waals surface area contributed by atoms with Crippen molar-refractivity contribution >= 4 is 21.6 Å². The van der Waals surface area contributed by atoms with E-state index in [4.69, 9.17) is 0 Å². The first kappa shape index (κ1) is 19.2. The molecule has 3 rings (SSSR count). The summed E-state index contributed by atoms with van der Waals surface area (Å²) in [4.78, 5) is 11.8. The van der Waals surface area contributed by atoms with Crippen LogP contribution in [0.4, 0.5) is 14.5 Å². The number of benzene rings is 2. The Bertz CT molecular complexity index is 946. The molecule has 1 aliphatic rings. The maximum Gasteiger partial charge on any atom is 0.387 e. The van der Waals surface area contributed by atoms with Gasteiger partial charge in [-0.1, -0.05) is 12.1 Å². The molecule has 0 spiro atoms. The zero-order valence-corrected chi connectivity index (χ0v) is 15.2. The third-order valence-corrected chi connectivity index (χ3v) is 5.76. The molecule has 0 aliphatic carbocycles. The molecule has 2 aromatic carbocycles. The third-order valence-electron chi connectivity index (χ3n) is 4.31. The van der Waals surface area contributed by atoms with Crippen LogP contribution >= 0.6 is 0 Å². The molecule has 1 aliphatic heterocycles. The number of nitrogens with one attached hydrogen (secondary N) is 2. The Morgan fingerprint density at radius 2 is 1.89 bits per heavy atom. The van der Waals surface area contributed by atoms with Gasteiger partial charge in [0, 0.05) is 12.2 Å². The Morgan fingerprint density at radius 1 is 1.19 bits per heavy atom. The summed E-state index contributed by atoms with van der Waals surface area (Å²) >= 11 is 0. The average Bonchev–Trinajstić information content (AvgIpc) is 2.90. The van der Waals surface area contributed by atoms with Gasteiger partial charge in [0.15, 0.2) is 0 Å². The van der Waals surface area contributed by atoms with Crippen LogP contribution in [0.25, 0.3) is 0 Å². The van der Waals surface area contributed by atoms with Crippen LogP contribution in [-0.4, -0.2) is 27.5 Å². The SMILES string of the molecule is C[C@H]1C(=O)Nc2ccc(S(=O)(=O)NCCc3ccc(OC(F)F)cc3)cc21. The molecule has 0 radical (unpaired) electrons. The van der Waals surface area contributed by atoms with E-state index in [1.54, 1.807) is 25.1 Å². The van der Waals surface area contributed by atoms with Gasteiger partial charge >= 0.3 is 6.61 Å². The standard InChI is InChI=1S/C18H18F2N2O4S/c1-11-15-10-14(6-7-16(15)22-17(11)23)27(24,25)21-9-8-12-2-4-13(5-3-12)26-18(19)20/h2-7,10-11,18,21H,8-9H2,1H3,(H,22,23)/t11-/m1/s1. The summed E-state index contributed by atoms with van der Waals surface area (Å²) in [5.74, 6) is -0.513. The maximum absolute atomic E-state index is 12.5. The highest BCUT2D eigenvalue weighted by Gasteiger charge is 2.28. The number of anilines is 1. The van der Waals surface area contributed by atoms with Crippen LogP contribution in [0.15, 0.2) is 47.4 Å². The van der Waals surface area contributed by atoms with Gasteiger partial charge in [-0.3, -0.25) is 4.79 Å². The van der Waals surface area contributed by atoms with Crippen LogP contribution in [0.3, 0.4) is 0 Å². The van der Waals surface area contributed by atoms with Crippen LogP contribution in [0, 0.1) is 0 Å². The van der Waals surface area contributed by atoms with Crippen molar-refractivity contribution in [3.63, 3.8) is 0 Å². The Balaban J connectivity index is 1.62. The van der Waals surface area contributed by atoms with Gasteiger partial charge in [-0.25, -0.2) is 13.1 Å². The van der Waals surface area contributed by atoms with E-state index >= 15 is 0 Å². The molecule has 0 saturated carbocycles. The monoisotopic (exact) mass is 396 g/mol. The molecule has 1 amide bonds. The summed E-state index contributed by atoms with van der Waals surface area (Å²) in [6.45, 7) is -1.03. The number of alkyl halides is 2. The summed E-state index contributed by atoms with van der Waals surface area (Å²) < 4.78 is 55.9. The number of ether oxygens (including phenoxy) is 1. The molecule has 1 atom stereocenters. The maximum atomic E-state index is 12.5. The van der Waals surface area contributed by atoms with Gasteiger partial charge in [0.25, 0.3) is 0 Å². The van der Waals surface area contributed by atoms with Crippen molar-refractivity contribution in [1.82, 2.24) is 4.72 Å². The molecule has 1 heterocycles. The largest absolute Gasteiger partial charge is 0.435 e. The zero-order chi connectivity index (χ0) is 19.6. The lowest BCUT2D eigenvalue weighted by molar-refractivity contribution is -0.116. The molecule has 144 valence electrons. The molecular formula is C18H18F2N2O4S. The lowest BCUT2D eigenvalue weighted by Crippen LogP contribution is -2.26. The van der Waals surface area contributed by atoms with E-state index in [0.717, 1.165) is 5.56 Å². The number of sulfonamides is 1. The van der Waals surface area contributed by atoms with Crippen LogP contribution in [-0.2, 0) is 21.2 Å². The number of rotatable bonds is 7. The van der Waals surface area contributed by atoms with Crippen molar-refractivity contribution in [1.29, 1.82) is 0 Å². The Labute approximate surface area is 155 Å². The highest BCUT2D eigenvalue weighted by Crippen LogP contribution is 2.33. The van der Waals surface area contributed by atoms with E-state index in [2.05, 4.69) is 14.8 Å². The van der Waals surface area contributed by atoms with Crippen LogP contribution in [0.1, 0.15) is 24.0 Å². The van der Waals surface area contributed by atoms with Gasteiger partial charge in [-0.15, -0.1) is 0 Å². The highest BCUT2D eigenvalue weighted by atomic mass is 32.2. The predicted molar refractivity (Wildman–Crippen MR) is 95.5 cm³/mol. The summed E-state index contributed by atoms with van der Waals surface area (Å²) in [5.41, 5.74) is 2.05. The van der Waals surface area contributed by atoms with Crippen molar-refractivity contribution in [2.75, 3.05) is 11.9 Å². The molecule has 0 unspecified atom stereocenters. The molecule has 27 heavy (non-hydrogen) atoms. The van der Waals surface area contributed by atoms with Gasteiger partial charge in [-0.05, 0) is 54.8 Å². The number of halogens is 2. The predicted octanol–water partition coefficient (Wildman–Crippen LogP) is 2.86. The smallest absolute Gasteiger partial charge is 0.387 e. The van der Waals surface area contributed by atoms with Crippen molar-refractivity contribution in [2.24, 2.45) is 0 Å². The minimum absolute atomic E-state index is 0.0461. The molecular weight excluding hydrogens is 378 g/mol. The highest BCUT2D eigenvalue weighted by molar-refractivity contribution is 7.89. The first-order valence-corrected chi connectivity index (χ1v) is 9.73. The van der Waals surface area contributed by atoms with Gasteiger partial charge in [-0.2, -0.15) is 8.78 Å². The van der Waals surface area contributed by atoms with Gasteiger partial charge in [0.2, 0.25) is 15.9 Å². The van der Waals surface area contributed by atoms with Gasteiger partial charge in [0.05, 0.1) is 10.8 Å². The Kier molecular flexibility index (Phi) is 5.43. The van der Waals surface area contributed by atoms with Crippen molar-refractivity contribution in [2.45, 2.75) is 30.8 Å². The lowest BCUT2D eigenvalue weighted by Gasteiger charge is -2.10. The summed E-state index contributed by atoms with van der Waals surface area (Å²) in [6, 6.07) is 10.5. The van der Waals surface area contributed by atoms with Gasteiger partial charge < -0.3 is 10.1 Å². The first-order chi connectivity index (χ1) is 12.8.